The molecule has 0 heterocycles. The Morgan fingerprint density at radius 1 is 1.23 bits per heavy atom. The number of rotatable bonds is 9. The van der Waals surface area contributed by atoms with Crippen LogP contribution in [0, 0.1) is 10.1 Å². The van der Waals surface area contributed by atoms with Crippen LogP contribution in [0.5, 0.6) is 5.75 Å². The summed E-state index contributed by atoms with van der Waals surface area (Å²) in [4.78, 5) is 22.4. The average Bonchev–Trinajstić information content (AvgIpc) is 2.48. The number of carbonyl (C=O) groups excluding carboxylic acids is 1. The SMILES string of the molecule is CCCCOC(=O)c1cc(N)c([N+](=O)[O-])cc1OCCCC. The minimum absolute atomic E-state index is 0.0877. The van der Waals surface area contributed by atoms with E-state index < -0.39 is 10.9 Å². The Morgan fingerprint density at radius 2 is 1.86 bits per heavy atom. The number of nitro benzene ring substituents is 1. The zero-order valence-corrected chi connectivity index (χ0v) is 13.0. The summed E-state index contributed by atoms with van der Waals surface area (Å²) in [5.41, 5.74) is 5.39. The number of unbranched alkanes of at least 4 members (excludes halogenated alkanes) is 2. The highest BCUT2D eigenvalue weighted by Gasteiger charge is 2.22. The Balaban J connectivity index is 3.03. The topological polar surface area (TPSA) is 105 Å². The van der Waals surface area contributed by atoms with E-state index in [0.717, 1.165) is 25.7 Å². The molecule has 0 aliphatic carbocycles. The number of hydrogen-bond donors (Lipinski definition) is 1. The number of anilines is 1. The highest BCUT2D eigenvalue weighted by atomic mass is 16.6. The van der Waals surface area contributed by atoms with E-state index in [0.29, 0.717) is 13.2 Å². The molecule has 1 aromatic rings. The number of carbonyl (C=O) groups is 1. The fourth-order valence-electron chi connectivity index (χ4n) is 1.74. The normalized spacial score (nSPS) is 10.3. The molecular formula is C15H22N2O5. The van der Waals surface area contributed by atoms with Gasteiger partial charge >= 0.3 is 5.97 Å². The monoisotopic (exact) mass is 310 g/mol. The van der Waals surface area contributed by atoms with Crippen molar-refractivity contribution in [3.63, 3.8) is 0 Å². The molecule has 0 saturated carbocycles. The maximum atomic E-state index is 12.1. The lowest BCUT2D eigenvalue weighted by atomic mass is 10.1. The number of hydrogen-bond acceptors (Lipinski definition) is 6. The van der Waals surface area contributed by atoms with Crippen LogP contribution in [0.3, 0.4) is 0 Å². The Morgan fingerprint density at radius 3 is 2.45 bits per heavy atom. The molecule has 1 aromatic carbocycles. The number of esters is 1. The first-order chi connectivity index (χ1) is 10.5. The van der Waals surface area contributed by atoms with E-state index in [1.54, 1.807) is 0 Å². The van der Waals surface area contributed by atoms with E-state index in [2.05, 4.69) is 0 Å². The molecular weight excluding hydrogens is 288 g/mol. The van der Waals surface area contributed by atoms with Gasteiger partial charge in [-0.1, -0.05) is 26.7 Å². The van der Waals surface area contributed by atoms with E-state index in [1.165, 1.54) is 12.1 Å². The molecule has 122 valence electrons. The molecule has 0 amide bonds. The van der Waals surface area contributed by atoms with Crippen molar-refractivity contribution in [3.8, 4) is 5.75 Å². The molecule has 0 aliphatic rings. The van der Waals surface area contributed by atoms with Gasteiger partial charge in [0.25, 0.3) is 5.69 Å². The molecule has 0 spiro atoms. The smallest absolute Gasteiger partial charge is 0.342 e. The van der Waals surface area contributed by atoms with Gasteiger partial charge in [0.2, 0.25) is 0 Å². The lowest BCUT2D eigenvalue weighted by Gasteiger charge is -2.12. The van der Waals surface area contributed by atoms with Crippen LogP contribution in [-0.2, 0) is 4.74 Å². The summed E-state index contributed by atoms with van der Waals surface area (Å²) in [7, 11) is 0. The summed E-state index contributed by atoms with van der Waals surface area (Å²) >= 11 is 0. The first kappa shape index (κ1) is 17.7. The summed E-state index contributed by atoms with van der Waals surface area (Å²) in [6.45, 7) is 4.64. The standard InChI is InChI=1S/C15H22N2O5/c1-3-5-7-21-14-10-13(17(19)20)12(16)9-11(14)15(18)22-8-6-4-2/h9-10H,3-8,16H2,1-2H3. The number of ether oxygens (including phenoxy) is 2. The molecule has 0 atom stereocenters. The molecule has 2 N–H and O–H groups in total. The average molecular weight is 310 g/mol. The minimum atomic E-state index is -0.603. The largest absolute Gasteiger partial charge is 0.492 e. The van der Waals surface area contributed by atoms with Crippen molar-refractivity contribution < 1.29 is 19.2 Å². The number of nitro groups is 1. The van der Waals surface area contributed by atoms with Crippen LogP contribution < -0.4 is 10.5 Å². The highest BCUT2D eigenvalue weighted by molar-refractivity contribution is 5.94. The van der Waals surface area contributed by atoms with Gasteiger partial charge in [0.1, 0.15) is 17.0 Å². The second kappa shape index (κ2) is 8.86. The van der Waals surface area contributed by atoms with Gasteiger partial charge in [0.05, 0.1) is 24.2 Å². The number of nitrogens with zero attached hydrogens (tertiary/aromatic N) is 1. The zero-order valence-electron chi connectivity index (χ0n) is 13.0. The van der Waals surface area contributed by atoms with Crippen molar-refractivity contribution in [2.45, 2.75) is 39.5 Å². The molecule has 0 bridgehead atoms. The second-order valence-corrected chi connectivity index (χ2v) is 4.86. The van der Waals surface area contributed by atoms with Crippen LogP contribution in [0.1, 0.15) is 49.9 Å². The summed E-state index contributed by atoms with van der Waals surface area (Å²) in [5, 5.41) is 10.9. The number of nitrogens with two attached hydrogens (primary N) is 1. The van der Waals surface area contributed by atoms with Crippen molar-refractivity contribution >= 4 is 17.3 Å². The van der Waals surface area contributed by atoms with Crippen LogP contribution in [0.25, 0.3) is 0 Å². The van der Waals surface area contributed by atoms with Crippen molar-refractivity contribution in [1.29, 1.82) is 0 Å². The van der Waals surface area contributed by atoms with E-state index >= 15 is 0 Å². The fraction of sp³-hybridized carbons (Fsp3) is 0.533. The van der Waals surface area contributed by atoms with Crippen molar-refractivity contribution in [3.05, 3.63) is 27.8 Å². The first-order valence-electron chi connectivity index (χ1n) is 7.39. The van der Waals surface area contributed by atoms with Crippen LogP contribution in [0.15, 0.2) is 12.1 Å². The van der Waals surface area contributed by atoms with Crippen molar-refractivity contribution in [1.82, 2.24) is 0 Å². The molecule has 22 heavy (non-hydrogen) atoms. The van der Waals surface area contributed by atoms with Gasteiger partial charge in [-0.15, -0.1) is 0 Å². The van der Waals surface area contributed by atoms with Gasteiger partial charge in [-0.05, 0) is 18.9 Å². The van der Waals surface area contributed by atoms with E-state index in [-0.39, 0.29) is 22.7 Å². The third-order valence-electron chi connectivity index (χ3n) is 3.03. The maximum Gasteiger partial charge on any atom is 0.342 e. The zero-order chi connectivity index (χ0) is 16.5. The lowest BCUT2D eigenvalue weighted by Crippen LogP contribution is -2.11. The highest BCUT2D eigenvalue weighted by Crippen LogP contribution is 2.31. The lowest BCUT2D eigenvalue weighted by molar-refractivity contribution is -0.384. The quantitative estimate of drug-likeness (QED) is 0.247. The van der Waals surface area contributed by atoms with Crippen molar-refractivity contribution in [2.75, 3.05) is 18.9 Å². The van der Waals surface area contributed by atoms with E-state index in [9.17, 15) is 14.9 Å². The van der Waals surface area contributed by atoms with Crippen LogP contribution in [0.4, 0.5) is 11.4 Å². The number of nitrogen functional groups attached to an aromatic ring is 1. The predicted molar refractivity (Wildman–Crippen MR) is 83.1 cm³/mol. The van der Waals surface area contributed by atoms with E-state index in [1.807, 2.05) is 13.8 Å². The van der Waals surface area contributed by atoms with Gasteiger partial charge in [-0.2, -0.15) is 0 Å². The maximum absolute atomic E-state index is 12.1. The minimum Gasteiger partial charge on any atom is -0.492 e. The third-order valence-corrected chi connectivity index (χ3v) is 3.03. The van der Waals surface area contributed by atoms with Crippen LogP contribution in [-0.4, -0.2) is 24.1 Å². The van der Waals surface area contributed by atoms with Crippen molar-refractivity contribution in [2.24, 2.45) is 0 Å². The summed E-state index contributed by atoms with van der Waals surface area (Å²) < 4.78 is 10.6. The predicted octanol–water partition coefficient (Wildman–Crippen LogP) is 3.31. The Bertz CT molecular complexity index is 531. The molecule has 0 radical (unpaired) electrons. The summed E-state index contributed by atoms with van der Waals surface area (Å²) in [5.74, 6) is -0.447. The van der Waals surface area contributed by atoms with Gasteiger partial charge < -0.3 is 15.2 Å². The van der Waals surface area contributed by atoms with Gasteiger partial charge in [0, 0.05) is 0 Å². The molecule has 0 fully saturated rings. The number of benzene rings is 1. The van der Waals surface area contributed by atoms with Crippen LogP contribution >= 0.6 is 0 Å². The molecule has 0 saturated heterocycles. The second-order valence-electron chi connectivity index (χ2n) is 4.86. The fourth-order valence-corrected chi connectivity index (χ4v) is 1.74. The molecule has 7 heteroatoms. The van der Waals surface area contributed by atoms with Gasteiger partial charge in [-0.25, -0.2) is 4.79 Å². The Labute approximate surface area is 129 Å². The Kier molecular flexibility index (Phi) is 7.15. The molecule has 1 rings (SSSR count). The molecule has 0 aliphatic heterocycles. The Hall–Kier alpha value is -2.31. The first-order valence-corrected chi connectivity index (χ1v) is 7.39. The van der Waals surface area contributed by atoms with Gasteiger partial charge in [-0.3, -0.25) is 10.1 Å². The third kappa shape index (κ3) is 4.91. The van der Waals surface area contributed by atoms with Gasteiger partial charge in [0.15, 0.2) is 0 Å². The van der Waals surface area contributed by atoms with Crippen LogP contribution in [0.2, 0.25) is 0 Å². The molecule has 0 unspecified atom stereocenters. The molecule has 7 nitrogen and oxygen atoms in total. The van der Waals surface area contributed by atoms with E-state index in [4.69, 9.17) is 15.2 Å². The summed E-state index contributed by atoms with van der Waals surface area (Å²) in [6.07, 6.45) is 3.34. The molecule has 0 aromatic heterocycles. The summed E-state index contributed by atoms with van der Waals surface area (Å²) in [6, 6.07) is 2.43.